The van der Waals surface area contributed by atoms with Gasteiger partial charge in [-0.05, 0) is 25.5 Å². The summed E-state index contributed by atoms with van der Waals surface area (Å²) in [5.41, 5.74) is -0.874. The van der Waals surface area contributed by atoms with Gasteiger partial charge < -0.3 is 10.1 Å². The lowest BCUT2D eigenvalue weighted by molar-refractivity contribution is -0.137. The van der Waals surface area contributed by atoms with Crippen LogP contribution in [-0.2, 0) is 6.18 Å². The Kier molecular flexibility index (Phi) is 3.97. The lowest BCUT2D eigenvalue weighted by Gasteiger charge is -2.23. The lowest BCUT2D eigenvalue weighted by Crippen LogP contribution is -2.37. The Labute approximate surface area is 107 Å². The molecule has 100 valence electrons. The van der Waals surface area contributed by atoms with Crippen LogP contribution in [0.4, 0.5) is 13.2 Å². The monoisotopic (exact) mass is 280 g/mol. The number of pyridine rings is 1. The van der Waals surface area contributed by atoms with Crippen LogP contribution >= 0.6 is 11.6 Å². The molecule has 2 heterocycles. The topological polar surface area (TPSA) is 34.1 Å². The molecule has 1 aromatic rings. The van der Waals surface area contributed by atoms with Crippen LogP contribution in [0.5, 0.6) is 5.88 Å². The number of hydrogen-bond acceptors (Lipinski definition) is 3. The number of nitrogens with one attached hydrogen (secondary N) is 1. The first-order valence-corrected chi connectivity index (χ1v) is 5.95. The second-order valence-corrected chi connectivity index (χ2v) is 4.50. The van der Waals surface area contributed by atoms with E-state index >= 15 is 0 Å². The van der Waals surface area contributed by atoms with Crippen molar-refractivity contribution in [2.24, 2.45) is 0 Å². The average molecular weight is 281 g/mol. The quantitative estimate of drug-likeness (QED) is 0.904. The molecule has 0 unspecified atom stereocenters. The fourth-order valence-corrected chi connectivity index (χ4v) is 1.96. The maximum Gasteiger partial charge on any atom is 0.417 e. The van der Waals surface area contributed by atoms with Gasteiger partial charge >= 0.3 is 6.18 Å². The van der Waals surface area contributed by atoms with Crippen molar-refractivity contribution in [1.82, 2.24) is 10.3 Å². The first-order chi connectivity index (χ1) is 8.47. The molecule has 1 atom stereocenters. The first kappa shape index (κ1) is 13.4. The van der Waals surface area contributed by atoms with Gasteiger partial charge in [-0.2, -0.15) is 13.2 Å². The van der Waals surface area contributed by atoms with Gasteiger partial charge in [0.15, 0.2) is 0 Å². The summed E-state index contributed by atoms with van der Waals surface area (Å²) >= 11 is 5.75. The van der Waals surface area contributed by atoms with Gasteiger partial charge in [-0.1, -0.05) is 11.6 Å². The Hall–Kier alpha value is -1.01. The van der Waals surface area contributed by atoms with E-state index in [1.165, 1.54) is 0 Å². The highest BCUT2D eigenvalue weighted by atomic mass is 35.5. The minimum atomic E-state index is -4.44. The third-order valence-corrected chi connectivity index (χ3v) is 2.94. The van der Waals surface area contributed by atoms with Crippen molar-refractivity contribution >= 4 is 11.6 Å². The Morgan fingerprint density at radius 1 is 1.44 bits per heavy atom. The van der Waals surface area contributed by atoms with Gasteiger partial charge in [0.25, 0.3) is 0 Å². The SMILES string of the molecule is FC(F)(F)c1cnc(O[C@@H]2CCCNC2)c(Cl)c1. The maximum absolute atomic E-state index is 12.4. The molecule has 1 aliphatic heterocycles. The smallest absolute Gasteiger partial charge is 0.417 e. The minimum absolute atomic E-state index is 0.0540. The van der Waals surface area contributed by atoms with Gasteiger partial charge in [0, 0.05) is 12.7 Å². The number of piperidine rings is 1. The Morgan fingerprint density at radius 3 is 2.78 bits per heavy atom. The van der Waals surface area contributed by atoms with Crippen molar-refractivity contribution in [3.05, 3.63) is 22.8 Å². The Bertz CT molecular complexity index is 419. The molecule has 0 aliphatic carbocycles. The zero-order chi connectivity index (χ0) is 13.2. The number of aromatic nitrogens is 1. The van der Waals surface area contributed by atoms with Crippen LogP contribution in [0.2, 0.25) is 5.02 Å². The minimum Gasteiger partial charge on any atom is -0.472 e. The fourth-order valence-electron chi connectivity index (χ4n) is 1.75. The van der Waals surface area contributed by atoms with E-state index < -0.39 is 11.7 Å². The van der Waals surface area contributed by atoms with Crippen molar-refractivity contribution < 1.29 is 17.9 Å². The van der Waals surface area contributed by atoms with E-state index in [0.717, 1.165) is 31.6 Å². The highest BCUT2D eigenvalue weighted by Crippen LogP contribution is 2.33. The van der Waals surface area contributed by atoms with Crippen molar-refractivity contribution in [3.63, 3.8) is 0 Å². The molecule has 0 radical (unpaired) electrons. The first-order valence-electron chi connectivity index (χ1n) is 5.57. The number of rotatable bonds is 2. The largest absolute Gasteiger partial charge is 0.472 e. The number of nitrogens with zero attached hydrogens (tertiary/aromatic N) is 1. The van der Waals surface area contributed by atoms with E-state index in [4.69, 9.17) is 16.3 Å². The number of ether oxygens (including phenoxy) is 1. The van der Waals surface area contributed by atoms with Gasteiger partial charge in [0.1, 0.15) is 11.1 Å². The van der Waals surface area contributed by atoms with Crippen LogP contribution in [0.1, 0.15) is 18.4 Å². The third-order valence-electron chi connectivity index (χ3n) is 2.66. The molecule has 1 fully saturated rings. The van der Waals surface area contributed by atoms with Crippen LogP contribution in [0, 0.1) is 0 Å². The zero-order valence-corrected chi connectivity index (χ0v) is 10.2. The molecule has 3 nitrogen and oxygen atoms in total. The van der Waals surface area contributed by atoms with Crippen LogP contribution in [0.3, 0.4) is 0 Å². The molecular formula is C11H12ClF3N2O. The summed E-state index contributed by atoms with van der Waals surface area (Å²) in [5, 5.41) is 3.02. The normalized spacial score (nSPS) is 20.8. The molecule has 7 heteroatoms. The van der Waals surface area contributed by atoms with Gasteiger partial charge in [0.2, 0.25) is 5.88 Å². The molecule has 1 aromatic heterocycles. The van der Waals surface area contributed by atoms with Crippen molar-refractivity contribution in [2.75, 3.05) is 13.1 Å². The van der Waals surface area contributed by atoms with Crippen molar-refractivity contribution in [2.45, 2.75) is 25.1 Å². The van der Waals surface area contributed by atoms with Crippen LogP contribution in [-0.4, -0.2) is 24.2 Å². The van der Waals surface area contributed by atoms with E-state index in [1.807, 2.05) is 0 Å². The molecule has 2 rings (SSSR count). The number of halogens is 4. The molecule has 0 saturated carbocycles. The molecule has 1 aliphatic rings. The van der Waals surface area contributed by atoms with E-state index in [-0.39, 0.29) is 17.0 Å². The molecule has 1 saturated heterocycles. The summed E-state index contributed by atoms with van der Waals surface area (Å²) in [5.74, 6) is 0.0540. The molecule has 0 bridgehead atoms. The van der Waals surface area contributed by atoms with E-state index in [1.54, 1.807) is 0 Å². The van der Waals surface area contributed by atoms with Crippen LogP contribution in [0.25, 0.3) is 0 Å². The summed E-state index contributed by atoms with van der Waals surface area (Å²) in [6.07, 6.45) is -2.01. The Balaban J connectivity index is 2.09. The number of alkyl halides is 3. The van der Waals surface area contributed by atoms with Crippen molar-refractivity contribution in [3.8, 4) is 5.88 Å². The molecule has 0 spiro atoms. The zero-order valence-electron chi connectivity index (χ0n) is 9.43. The van der Waals surface area contributed by atoms with Gasteiger partial charge in [-0.25, -0.2) is 4.98 Å². The molecule has 18 heavy (non-hydrogen) atoms. The second-order valence-electron chi connectivity index (χ2n) is 4.09. The highest BCUT2D eigenvalue weighted by molar-refractivity contribution is 6.31. The van der Waals surface area contributed by atoms with Gasteiger partial charge in [-0.15, -0.1) is 0 Å². The predicted octanol–water partition coefficient (Wildman–Crippen LogP) is 2.88. The highest BCUT2D eigenvalue weighted by Gasteiger charge is 2.32. The van der Waals surface area contributed by atoms with Crippen LogP contribution < -0.4 is 10.1 Å². The van der Waals surface area contributed by atoms with Gasteiger partial charge in [0.05, 0.1) is 5.56 Å². The maximum atomic E-state index is 12.4. The van der Waals surface area contributed by atoms with E-state index in [9.17, 15) is 13.2 Å². The summed E-state index contributed by atoms with van der Waals surface area (Å²) in [6.45, 7) is 1.58. The van der Waals surface area contributed by atoms with Crippen LogP contribution in [0.15, 0.2) is 12.3 Å². The second kappa shape index (κ2) is 5.32. The molecule has 0 amide bonds. The lowest BCUT2D eigenvalue weighted by atomic mass is 10.1. The summed E-state index contributed by atoms with van der Waals surface area (Å²) in [6, 6.07) is 0.833. The fraction of sp³-hybridized carbons (Fsp3) is 0.545. The van der Waals surface area contributed by atoms with Gasteiger partial charge in [-0.3, -0.25) is 0 Å². The van der Waals surface area contributed by atoms with E-state index in [2.05, 4.69) is 10.3 Å². The summed E-state index contributed by atoms with van der Waals surface area (Å²) in [4.78, 5) is 3.64. The standard InChI is InChI=1S/C11H12ClF3N2O/c12-9-4-7(11(13,14)15)5-17-10(9)18-8-2-1-3-16-6-8/h4-5,8,16H,1-3,6H2/t8-/m1/s1. The van der Waals surface area contributed by atoms with Crippen molar-refractivity contribution in [1.29, 1.82) is 0 Å². The third kappa shape index (κ3) is 3.26. The molecular weight excluding hydrogens is 269 g/mol. The summed E-state index contributed by atoms with van der Waals surface area (Å²) in [7, 11) is 0. The Morgan fingerprint density at radius 2 is 2.22 bits per heavy atom. The molecule has 1 N–H and O–H groups in total. The van der Waals surface area contributed by atoms with E-state index in [0.29, 0.717) is 6.54 Å². The molecule has 0 aromatic carbocycles. The summed E-state index contributed by atoms with van der Waals surface area (Å²) < 4.78 is 42.7. The number of hydrogen-bond donors (Lipinski definition) is 1. The predicted molar refractivity (Wildman–Crippen MR) is 60.8 cm³/mol. The average Bonchev–Trinajstić information content (AvgIpc) is 2.32.